The smallest absolute Gasteiger partial charge is 0.331 e. The summed E-state index contributed by atoms with van der Waals surface area (Å²) in [7, 11) is 3.09. The Hall–Kier alpha value is -3.08. The number of Topliss-reactive ketones (excluding diaryl/α,β-unsaturated/α-hetero) is 1. The van der Waals surface area contributed by atoms with Crippen LogP contribution in [-0.2, 0) is 9.53 Å². The van der Waals surface area contributed by atoms with Gasteiger partial charge in [0.1, 0.15) is 0 Å². The molecule has 0 aliphatic heterocycles. The zero-order valence-electron chi connectivity index (χ0n) is 13.5. The number of benzene rings is 2. The molecule has 0 saturated carbocycles. The molecule has 0 atom stereocenters. The normalized spacial score (nSPS) is 10.4. The van der Waals surface area contributed by atoms with Gasteiger partial charge < -0.3 is 14.2 Å². The highest BCUT2D eigenvalue weighted by atomic mass is 16.5. The summed E-state index contributed by atoms with van der Waals surface area (Å²) in [4.78, 5) is 23.6. The second kappa shape index (κ2) is 8.53. The Kier molecular flexibility index (Phi) is 6.14. The van der Waals surface area contributed by atoms with E-state index < -0.39 is 5.97 Å². The molecule has 2 aromatic carbocycles. The zero-order chi connectivity index (χ0) is 17.4. The number of hydrogen-bond acceptors (Lipinski definition) is 5. The van der Waals surface area contributed by atoms with E-state index in [2.05, 4.69) is 0 Å². The SMILES string of the molecule is COc1ccc(/C=C/C(=O)OCC(=O)c2ccccc2)cc1OC. The summed E-state index contributed by atoms with van der Waals surface area (Å²) in [5.74, 6) is 0.329. The number of ketones is 1. The molecule has 5 heteroatoms. The molecule has 0 N–H and O–H groups in total. The Bertz CT molecular complexity index is 735. The second-order valence-electron chi connectivity index (χ2n) is 4.84. The average molecular weight is 326 g/mol. The van der Waals surface area contributed by atoms with E-state index in [0.717, 1.165) is 5.56 Å². The Morgan fingerprint density at radius 3 is 2.33 bits per heavy atom. The predicted molar refractivity (Wildman–Crippen MR) is 90.3 cm³/mol. The van der Waals surface area contributed by atoms with Crippen LogP contribution in [0.2, 0.25) is 0 Å². The summed E-state index contributed by atoms with van der Waals surface area (Å²) >= 11 is 0. The fourth-order valence-electron chi connectivity index (χ4n) is 2.01. The molecule has 0 aromatic heterocycles. The molecule has 0 amide bonds. The fourth-order valence-corrected chi connectivity index (χ4v) is 2.01. The third-order valence-corrected chi connectivity index (χ3v) is 3.26. The summed E-state index contributed by atoms with van der Waals surface area (Å²) in [6.07, 6.45) is 2.84. The van der Waals surface area contributed by atoms with Crippen molar-refractivity contribution in [1.29, 1.82) is 0 Å². The van der Waals surface area contributed by atoms with Crippen LogP contribution in [0.25, 0.3) is 6.08 Å². The standard InChI is InChI=1S/C19H18O5/c1-22-17-10-8-14(12-18(17)23-2)9-11-19(21)24-13-16(20)15-6-4-3-5-7-15/h3-12H,13H2,1-2H3/b11-9+. The third kappa shape index (κ3) is 4.71. The molecule has 0 heterocycles. The summed E-state index contributed by atoms with van der Waals surface area (Å²) in [6.45, 7) is -0.293. The van der Waals surface area contributed by atoms with Crippen molar-refractivity contribution in [2.75, 3.05) is 20.8 Å². The van der Waals surface area contributed by atoms with Gasteiger partial charge in [-0.25, -0.2) is 4.79 Å². The van der Waals surface area contributed by atoms with Crippen molar-refractivity contribution in [3.63, 3.8) is 0 Å². The van der Waals surface area contributed by atoms with Crippen LogP contribution < -0.4 is 9.47 Å². The van der Waals surface area contributed by atoms with Crippen molar-refractivity contribution >= 4 is 17.8 Å². The van der Waals surface area contributed by atoms with E-state index in [-0.39, 0.29) is 12.4 Å². The molecule has 0 aliphatic carbocycles. The summed E-state index contributed by atoms with van der Waals surface area (Å²) < 4.78 is 15.3. The van der Waals surface area contributed by atoms with E-state index in [1.165, 1.54) is 13.2 Å². The van der Waals surface area contributed by atoms with E-state index in [9.17, 15) is 9.59 Å². The van der Waals surface area contributed by atoms with Crippen LogP contribution in [0.5, 0.6) is 11.5 Å². The van der Waals surface area contributed by atoms with Gasteiger partial charge in [0.2, 0.25) is 0 Å². The van der Waals surface area contributed by atoms with E-state index in [0.29, 0.717) is 17.1 Å². The molecule has 0 radical (unpaired) electrons. The van der Waals surface area contributed by atoms with E-state index in [4.69, 9.17) is 14.2 Å². The molecular weight excluding hydrogens is 308 g/mol. The fraction of sp³-hybridized carbons (Fsp3) is 0.158. The first-order valence-electron chi connectivity index (χ1n) is 7.29. The van der Waals surface area contributed by atoms with Gasteiger partial charge in [-0.05, 0) is 23.8 Å². The van der Waals surface area contributed by atoms with E-state index >= 15 is 0 Å². The van der Waals surface area contributed by atoms with Gasteiger partial charge >= 0.3 is 5.97 Å². The lowest BCUT2D eigenvalue weighted by Crippen LogP contribution is -2.12. The lowest BCUT2D eigenvalue weighted by Gasteiger charge is -2.07. The maximum absolute atomic E-state index is 11.8. The first-order chi connectivity index (χ1) is 11.6. The van der Waals surface area contributed by atoms with Crippen molar-refractivity contribution in [3.05, 3.63) is 65.7 Å². The van der Waals surface area contributed by atoms with Crippen molar-refractivity contribution in [2.45, 2.75) is 0 Å². The number of hydrogen-bond donors (Lipinski definition) is 0. The molecule has 0 aliphatic rings. The van der Waals surface area contributed by atoms with Gasteiger partial charge in [0.15, 0.2) is 23.9 Å². The minimum Gasteiger partial charge on any atom is -0.493 e. The van der Waals surface area contributed by atoms with Gasteiger partial charge in [-0.15, -0.1) is 0 Å². The van der Waals surface area contributed by atoms with Crippen molar-refractivity contribution in [2.24, 2.45) is 0 Å². The minimum atomic E-state index is -0.589. The Labute approximate surface area is 140 Å². The minimum absolute atomic E-state index is 0.247. The maximum atomic E-state index is 11.8. The van der Waals surface area contributed by atoms with Crippen molar-refractivity contribution < 1.29 is 23.8 Å². The van der Waals surface area contributed by atoms with Crippen molar-refractivity contribution in [3.8, 4) is 11.5 Å². The molecule has 2 aromatic rings. The summed E-state index contributed by atoms with van der Waals surface area (Å²) in [6, 6.07) is 13.9. The van der Waals surface area contributed by atoms with E-state index in [1.807, 2.05) is 6.07 Å². The van der Waals surface area contributed by atoms with Crippen LogP contribution >= 0.6 is 0 Å². The van der Waals surface area contributed by atoms with Crippen LogP contribution in [-0.4, -0.2) is 32.6 Å². The Morgan fingerprint density at radius 2 is 1.67 bits per heavy atom. The first kappa shape index (κ1) is 17.3. The summed E-state index contributed by atoms with van der Waals surface area (Å²) in [5.41, 5.74) is 1.26. The zero-order valence-corrected chi connectivity index (χ0v) is 13.5. The number of carbonyl (C=O) groups is 2. The van der Waals surface area contributed by atoms with Gasteiger partial charge in [-0.1, -0.05) is 36.4 Å². The van der Waals surface area contributed by atoms with Gasteiger partial charge in [0.05, 0.1) is 14.2 Å². The van der Waals surface area contributed by atoms with Gasteiger partial charge in [0.25, 0.3) is 0 Å². The molecular formula is C19H18O5. The van der Waals surface area contributed by atoms with Crippen LogP contribution in [0.4, 0.5) is 0 Å². The molecule has 0 fully saturated rings. The highest BCUT2D eigenvalue weighted by Gasteiger charge is 2.08. The quantitative estimate of drug-likeness (QED) is 0.444. The highest BCUT2D eigenvalue weighted by molar-refractivity contribution is 5.98. The van der Waals surface area contributed by atoms with E-state index in [1.54, 1.807) is 55.7 Å². The molecule has 0 spiro atoms. The number of esters is 1. The first-order valence-corrected chi connectivity index (χ1v) is 7.29. The van der Waals surface area contributed by atoms with Gasteiger partial charge in [-0.2, -0.15) is 0 Å². The number of methoxy groups -OCH3 is 2. The third-order valence-electron chi connectivity index (χ3n) is 3.26. The monoisotopic (exact) mass is 326 g/mol. The number of carbonyl (C=O) groups excluding carboxylic acids is 2. The maximum Gasteiger partial charge on any atom is 0.331 e. The Morgan fingerprint density at radius 1 is 0.958 bits per heavy atom. The predicted octanol–water partition coefficient (Wildman–Crippen LogP) is 3.14. The number of ether oxygens (including phenoxy) is 3. The second-order valence-corrected chi connectivity index (χ2v) is 4.84. The molecule has 5 nitrogen and oxygen atoms in total. The average Bonchev–Trinajstić information content (AvgIpc) is 2.64. The largest absolute Gasteiger partial charge is 0.493 e. The summed E-state index contributed by atoms with van der Waals surface area (Å²) in [5, 5.41) is 0. The number of rotatable bonds is 7. The van der Waals surface area contributed by atoms with Gasteiger partial charge in [-0.3, -0.25) is 4.79 Å². The van der Waals surface area contributed by atoms with Crippen molar-refractivity contribution in [1.82, 2.24) is 0 Å². The lowest BCUT2D eigenvalue weighted by molar-refractivity contribution is -0.136. The van der Waals surface area contributed by atoms with Gasteiger partial charge in [0, 0.05) is 11.6 Å². The molecule has 24 heavy (non-hydrogen) atoms. The highest BCUT2D eigenvalue weighted by Crippen LogP contribution is 2.27. The molecule has 2 rings (SSSR count). The van der Waals surface area contributed by atoms with Crippen LogP contribution in [0.15, 0.2) is 54.6 Å². The molecule has 0 saturated heterocycles. The van der Waals surface area contributed by atoms with Crippen LogP contribution in [0, 0.1) is 0 Å². The molecule has 0 bridgehead atoms. The van der Waals surface area contributed by atoms with Crippen LogP contribution in [0.3, 0.4) is 0 Å². The lowest BCUT2D eigenvalue weighted by atomic mass is 10.1. The Balaban J connectivity index is 1.92. The molecule has 0 unspecified atom stereocenters. The molecule has 124 valence electrons. The van der Waals surface area contributed by atoms with Crippen LogP contribution in [0.1, 0.15) is 15.9 Å². The topological polar surface area (TPSA) is 61.8 Å².